The fraction of sp³-hybridized carbons (Fsp3) is 0.385. The third-order valence-electron chi connectivity index (χ3n) is 3.59. The van der Waals surface area contributed by atoms with E-state index in [1.807, 2.05) is 0 Å². The standard InChI is InChI=1S/C13H16BrFN4O3S/c14-10-7-9(1-2-11(10)15)18-13(16)12(20)8-3-5-19(6-4-8)23(17,21)22/h1-2,7-8H,3-6H2,(H2,16,18)(H2,17,21,22). The minimum Gasteiger partial charge on any atom is -0.381 e. The van der Waals surface area contributed by atoms with Gasteiger partial charge in [-0.1, -0.05) is 0 Å². The highest BCUT2D eigenvalue weighted by molar-refractivity contribution is 9.10. The van der Waals surface area contributed by atoms with E-state index >= 15 is 0 Å². The Morgan fingerprint density at radius 1 is 1.35 bits per heavy atom. The maximum atomic E-state index is 13.2. The van der Waals surface area contributed by atoms with Crippen molar-refractivity contribution >= 4 is 43.4 Å². The highest BCUT2D eigenvalue weighted by atomic mass is 79.9. The topological polar surface area (TPSA) is 119 Å². The summed E-state index contributed by atoms with van der Waals surface area (Å²) in [5, 5.41) is 5.05. The van der Waals surface area contributed by atoms with Gasteiger partial charge in [0.15, 0.2) is 5.84 Å². The number of carbonyl (C=O) groups is 1. The summed E-state index contributed by atoms with van der Waals surface area (Å²) >= 11 is 3.03. The van der Waals surface area contributed by atoms with Gasteiger partial charge < -0.3 is 5.73 Å². The largest absolute Gasteiger partial charge is 0.381 e. The molecule has 0 saturated carbocycles. The molecule has 0 atom stereocenters. The molecule has 0 bridgehead atoms. The molecule has 0 aliphatic carbocycles. The third kappa shape index (κ3) is 4.56. The maximum absolute atomic E-state index is 13.2. The number of nitrogens with zero attached hydrogens (tertiary/aromatic N) is 2. The molecule has 10 heteroatoms. The SMILES string of the molecule is NC(=Nc1ccc(F)c(Br)c1)C(=O)C1CCN(S(N)(=O)=O)CC1. The molecule has 0 spiro atoms. The van der Waals surface area contributed by atoms with E-state index in [9.17, 15) is 17.6 Å². The first-order valence-electron chi connectivity index (χ1n) is 6.80. The molecule has 1 aliphatic rings. The van der Waals surface area contributed by atoms with Gasteiger partial charge in [0.1, 0.15) is 5.82 Å². The summed E-state index contributed by atoms with van der Waals surface area (Å²) < 4.78 is 37.0. The number of amidine groups is 1. The van der Waals surface area contributed by atoms with Crippen LogP contribution in [0, 0.1) is 11.7 Å². The van der Waals surface area contributed by atoms with Crippen LogP contribution in [0.1, 0.15) is 12.8 Å². The van der Waals surface area contributed by atoms with Crippen LogP contribution in [0.2, 0.25) is 0 Å². The van der Waals surface area contributed by atoms with Gasteiger partial charge in [0.2, 0.25) is 5.78 Å². The van der Waals surface area contributed by atoms with Crippen molar-refractivity contribution in [2.24, 2.45) is 21.8 Å². The molecule has 0 amide bonds. The summed E-state index contributed by atoms with van der Waals surface area (Å²) in [6, 6.07) is 4.04. The van der Waals surface area contributed by atoms with Gasteiger partial charge in [-0.05, 0) is 47.0 Å². The highest BCUT2D eigenvalue weighted by Crippen LogP contribution is 2.23. The van der Waals surface area contributed by atoms with Crippen molar-refractivity contribution in [2.45, 2.75) is 12.8 Å². The second kappa shape index (κ2) is 7.04. The van der Waals surface area contributed by atoms with Crippen LogP contribution in [0.15, 0.2) is 27.7 Å². The van der Waals surface area contributed by atoms with Crippen molar-refractivity contribution in [3.63, 3.8) is 0 Å². The van der Waals surface area contributed by atoms with Crippen molar-refractivity contribution in [3.8, 4) is 0 Å². The van der Waals surface area contributed by atoms with Crippen LogP contribution in [-0.2, 0) is 15.0 Å². The van der Waals surface area contributed by atoms with Crippen LogP contribution >= 0.6 is 15.9 Å². The number of rotatable bonds is 4. The summed E-state index contributed by atoms with van der Waals surface area (Å²) in [5.74, 6) is -1.37. The Hall–Kier alpha value is -1.36. The predicted molar refractivity (Wildman–Crippen MR) is 87.8 cm³/mol. The molecule has 0 aromatic heterocycles. The van der Waals surface area contributed by atoms with E-state index in [-0.39, 0.29) is 29.2 Å². The van der Waals surface area contributed by atoms with E-state index in [1.54, 1.807) is 0 Å². The van der Waals surface area contributed by atoms with Crippen molar-refractivity contribution in [2.75, 3.05) is 13.1 Å². The Kier molecular flexibility index (Phi) is 5.50. The number of piperidine rings is 1. The van der Waals surface area contributed by atoms with Gasteiger partial charge in [-0.2, -0.15) is 12.7 Å². The van der Waals surface area contributed by atoms with Crippen molar-refractivity contribution in [1.82, 2.24) is 4.31 Å². The van der Waals surface area contributed by atoms with Crippen molar-refractivity contribution in [1.29, 1.82) is 0 Å². The van der Waals surface area contributed by atoms with E-state index in [4.69, 9.17) is 10.9 Å². The van der Waals surface area contributed by atoms with Crippen LogP contribution < -0.4 is 10.9 Å². The Balaban J connectivity index is 2.05. The normalized spacial score (nSPS) is 18.1. The zero-order valence-electron chi connectivity index (χ0n) is 12.1. The summed E-state index contributed by atoms with van der Waals surface area (Å²) in [4.78, 5) is 16.3. The van der Waals surface area contributed by atoms with E-state index in [1.165, 1.54) is 18.2 Å². The Bertz CT molecular complexity index is 746. The molecule has 0 radical (unpaired) electrons. The van der Waals surface area contributed by atoms with Crippen LogP contribution in [-0.4, -0.2) is 37.4 Å². The van der Waals surface area contributed by atoms with Gasteiger partial charge in [-0.25, -0.2) is 14.5 Å². The van der Waals surface area contributed by atoms with E-state index in [2.05, 4.69) is 20.9 Å². The van der Waals surface area contributed by atoms with Gasteiger partial charge in [-0.3, -0.25) is 4.79 Å². The summed E-state index contributed by atoms with van der Waals surface area (Å²) in [6.45, 7) is 0.342. The van der Waals surface area contributed by atoms with Crippen LogP contribution in [0.25, 0.3) is 0 Å². The Morgan fingerprint density at radius 3 is 2.48 bits per heavy atom. The number of hydrogen-bond acceptors (Lipinski definition) is 4. The minimum absolute atomic E-state index is 0.171. The Morgan fingerprint density at radius 2 is 1.96 bits per heavy atom. The van der Waals surface area contributed by atoms with Gasteiger partial charge in [0.25, 0.3) is 10.2 Å². The van der Waals surface area contributed by atoms with E-state index < -0.39 is 21.9 Å². The predicted octanol–water partition coefficient (Wildman–Crippen LogP) is 1.06. The van der Waals surface area contributed by atoms with E-state index in [0.29, 0.717) is 18.5 Å². The zero-order chi connectivity index (χ0) is 17.2. The minimum atomic E-state index is -3.73. The second-order valence-electron chi connectivity index (χ2n) is 5.18. The molecule has 2 rings (SSSR count). The maximum Gasteiger partial charge on any atom is 0.276 e. The number of nitrogens with two attached hydrogens (primary N) is 2. The molecule has 1 aliphatic heterocycles. The molecular weight excluding hydrogens is 391 g/mol. The number of hydrogen-bond donors (Lipinski definition) is 2. The second-order valence-corrected chi connectivity index (χ2v) is 7.58. The number of Topliss-reactive ketones (excluding diaryl/α,β-unsaturated/α-hetero) is 1. The molecule has 1 aromatic carbocycles. The fourth-order valence-electron chi connectivity index (χ4n) is 2.33. The lowest BCUT2D eigenvalue weighted by Gasteiger charge is -2.28. The quantitative estimate of drug-likeness (QED) is 0.573. The fourth-order valence-corrected chi connectivity index (χ4v) is 3.42. The van der Waals surface area contributed by atoms with Gasteiger partial charge in [0, 0.05) is 19.0 Å². The number of halogens is 2. The molecule has 1 aromatic rings. The third-order valence-corrected chi connectivity index (χ3v) is 5.28. The number of ketones is 1. The number of carbonyl (C=O) groups excluding carboxylic acids is 1. The Labute approximate surface area is 141 Å². The van der Waals surface area contributed by atoms with E-state index in [0.717, 1.165) is 4.31 Å². The van der Waals surface area contributed by atoms with Gasteiger partial charge >= 0.3 is 0 Å². The molecule has 23 heavy (non-hydrogen) atoms. The molecule has 1 heterocycles. The lowest BCUT2D eigenvalue weighted by molar-refractivity contribution is -0.117. The van der Waals surface area contributed by atoms with Crippen LogP contribution in [0.4, 0.5) is 10.1 Å². The van der Waals surface area contributed by atoms with Crippen LogP contribution in [0.5, 0.6) is 0 Å². The smallest absolute Gasteiger partial charge is 0.276 e. The molecule has 1 fully saturated rings. The number of benzene rings is 1. The summed E-state index contributed by atoms with van der Waals surface area (Å²) in [7, 11) is -3.73. The molecule has 4 N–H and O–H groups in total. The average Bonchev–Trinajstić information content (AvgIpc) is 2.49. The summed E-state index contributed by atoms with van der Waals surface area (Å²) in [5.41, 5.74) is 6.08. The van der Waals surface area contributed by atoms with Gasteiger partial charge in [0.05, 0.1) is 10.2 Å². The first-order valence-corrected chi connectivity index (χ1v) is 9.09. The lowest BCUT2D eigenvalue weighted by atomic mass is 9.93. The number of aliphatic imine (C=N–C) groups is 1. The zero-order valence-corrected chi connectivity index (χ0v) is 14.5. The molecule has 1 saturated heterocycles. The average molecular weight is 407 g/mol. The lowest BCUT2D eigenvalue weighted by Crippen LogP contribution is -2.45. The first kappa shape index (κ1) is 18.0. The van der Waals surface area contributed by atoms with Crippen LogP contribution in [0.3, 0.4) is 0 Å². The van der Waals surface area contributed by atoms with Gasteiger partial charge in [-0.15, -0.1) is 0 Å². The molecule has 0 unspecified atom stereocenters. The first-order chi connectivity index (χ1) is 10.7. The van der Waals surface area contributed by atoms with Crippen molar-refractivity contribution < 1.29 is 17.6 Å². The highest BCUT2D eigenvalue weighted by Gasteiger charge is 2.30. The monoisotopic (exact) mass is 406 g/mol. The molecule has 7 nitrogen and oxygen atoms in total. The van der Waals surface area contributed by atoms with Crippen molar-refractivity contribution in [3.05, 3.63) is 28.5 Å². The molecule has 126 valence electrons. The molecular formula is C13H16BrFN4O3S. The summed E-state index contributed by atoms with van der Waals surface area (Å²) in [6.07, 6.45) is 0.664.